The van der Waals surface area contributed by atoms with Crippen LogP contribution in [-0.2, 0) is 37.5 Å². The van der Waals surface area contributed by atoms with E-state index in [9.17, 15) is 23.8 Å². The van der Waals surface area contributed by atoms with Crippen molar-refractivity contribution in [1.82, 2.24) is 0 Å². The van der Waals surface area contributed by atoms with E-state index in [1.165, 1.54) is 103 Å². The summed E-state index contributed by atoms with van der Waals surface area (Å²) in [4.78, 5) is 46.0. The second-order valence-electron chi connectivity index (χ2n) is 15.2. The summed E-state index contributed by atoms with van der Waals surface area (Å²) in [7, 11) is -4.73. The second-order valence-corrected chi connectivity index (χ2v) is 16.6. The van der Waals surface area contributed by atoms with Crippen LogP contribution in [0.3, 0.4) is 0 Å². The minimum Gasteiger partial charge on any atom is -0.480 e. The van der Waals surface area contributed by atoms with E-state index in [0.29, 0.717) is 12.8 Å². The highest BCUT2D eigenvalue weighted by molar-refractivity contribution is 7.47. The molecule has 1 unspecified atom stereocenters. The van der Waals surface area contributed by atoms with Crippen LogP contribution in [0.15, 0.2) is 48.6 Å². The van der Waals surface area contributed by atoms with Crippen LogP contribution in [0.25, 0.3) is 0 Å². The Balaban J connectivity index is 4.37. The number of nitrogens with two attached hydrogens (primary N) is 1. The van der Waals surface area contributed by atoms with Crippen LogP contribution in [0.2, 0.25) is 0 Å². The zero-order chi connectivity index (χ0) is 42.8. The van der Waals surface area contributed by atoms with Gasteiger partial charge in [0.1, 0.15) is 12.6 Å². The molecular formula is C46H82NO10P. The van der Waals surface area contributed by atoms with Gasteiger partial charge in [-0.15, -0.1) is 0 Å². The van der Waals surface area contributed by atoms with Crippen LogP contribution in [0.5, 0.6) is 0 Å². The van der Waals surface area contributed by atoms with Crippen molar-refractivity contribution in [3.63, 3.8) is 0 Å². The van der Waals surface area contributed by atoms with Gasteiger partial charge in [0.2, 0.25) is 0 Å². The van der Waals surface area contributed by atoms with Crippen LogP contribution < -0.4 is 5.73 Å². The summed E-state index contributed by atoms with van der Waals surface area (Å²) in [6, 6.07) is -1.53. The molecule has 0 amide bonds. The number of carboxylic acids is 1. The molecule has 0 aliphatic rings. The van der Waals surface area contributed by atoms with E-state index in [1.54, 1.807) is 0 Å². The molecule has 0 heterocycles. The number of aliphatic carboxylic acids is 1. The molecule has 12 heteroatoms. The van der Waals surface area contributed by atoms with Crippen molar-refractivity contribution in [1.29, 1.82) is 0 Å². The van der Waals surface area contributed by atoms with Crippen molar-refractivity contribution < 1.29 is 47.5 Å². The first kappa shape index (κ1) is 55.4. The van der Waals surface area contributed by atoms with Crippen molar-refractivity contribution >= 4 is 25.7 Å². The number of carbonyl (C=O) groups excluding carboxylic acids is 2. The highest BCUT2D eigenvalue weighted by Crippen LogP contribution is 2.43. The molecule has 0 spiro atoms. The first-order valence-corrected chi connectivity index (χ1v) is 24.2. The Morgan fingerprint density at radius 3 is 1.45 bits per heavy atom. The summed E-state index contributed by atoms with van der Waals surface area (Å²) in [5, 5.41) is 8.89. The fourth-order valence-corrected chi connectivity index (χ4v) is 6.73. The zero-order valence-corrected chi connectivity index (χ0v) is 37.3. The number of allylic oxidation sites excluding steroid dienone is 8. The van der Waals surface area contributed by atoms with Crippen LogP contribution in [0.4, 0.5) is 0 Å². The van der Waals surface area contributed by atoms with E-state index in [2.05, 4.69) is 67.0 Å². The van der Waals surface area contributed by atoms with Crippen LogP contribution in [0, 0.1) is 0 Å². The van der Waals surface area contributed by atoms with Gasteiger partial charge in [-0.1, -0.05) is 152 Å². The van der Waals surface area contributed by atoms with Gasteiger partial charge < -0.3 is 25.2 Å². The summed E-state index contributed by atoms with van der Waals surface area (Å²) >= 11 is 0. The van der Waals surface area contributed by atoms with Crippen LogP contribution >= 0.6 is 7.82 Å². The SMILES string of the molecule is CCCCC/C=C\C/C=C\C/C=C\CCCCC(=O)O[C@H](COC(=O)CCCCCCCCCCC/C=C\CCCCCCCC)COP(=O)(O)OC[C@H](N)C(=O)O. The van der Waals surface area contributed by atoms with E-state index in [4.69, 9.17) is 24.8 Å². The van der Waals surface area contributed by atoms with Gasteiger partial charge in [0.15, 0.2) is 6.10 Å². The third kappa shape index (κ3) is 40.2. The average molecular weight is 840 g/mol. The predicted molar refractivity (Wildman–Crippen MR) is 235 cm³/mol. The second kappa shape index (κ2) is 41.2. The minimum absolute atomic E-state index is 0.111. The van der Waals surface area contributed by atoms with E-state index in [0.717, 1.165) is 51.4 Å². The molecule has 0 fully saturated rings. The molecule has 0 saturated carbocycles. The molecule has 0 aromatic heterocycles. The number of rotatable bonds is 42. The summed E-state index contributed by atoms with van der Waals surface area (Å²) in [5.41, 5.74) is 5.33. The number of ether oxygens (including phenoxy) is 2. The van der Waals surface area contributed by atoms with Crippen molar-refractivity contribution in [3.05, 3.63) is 48.6 Å². The Morgan fingerprint density at radius 1 is 0.534 bits per heavy atom. The molecule has 0 aromatic rings. The summed E-state index contributed by atoms with van der Waals surface area (Å²) < 4.78 is 32.7. The van der Waals surface area contributed by atoms with E-state index in [-0.39, 0.29) is 19.4 Å². The van der Waals surface area contributed by atoms with E-state index >= 15 is 0 Å². The van der Waals surface area contributed by atoms with E-state index in [1.807, 2.05) is 0 Å². The number of hydrogen-bond donors (Lipinski definition) is 3. The average Bonchev–Trinajstić information content (AvgIpc) is 3.20. The molecule has 0 rings (SSSR count). The number of unbranched alkanes of at least 4 members (excludes halogenated alkanes) is 20. The number of esters is 2. The summed E-state index contributed by atoms with van der Waals surface area (Å²) in [6.07, 6.45) is 46.1. The van der Waals surface area contributed by atoms with Gasteiger partial charge in [-0.3, -0.25) is 23.4 Å². The number of carbonyl (C=O) groups is 3. The summed E-state index contributed by atoms with van der Waals surface area (Å²) in [5.74, 6) is -2.43. The van der Waals surface area contributed by atoms with Crippen molar-refractivity contribution in [2.24, 2.45) is 5.73 Å². The number of phosphoric ester groups is 1. The Labute approximate surface area is 352 Å². The van der Waals surface area contributed by atoms with Gasteiger partial charge in [0, 0.05) is 12.8 Å². The minimum atomic E-state index is -4.73. The standard InChI is InChI=1S/C46H82NO10P/c1-3-5-7-9-11-13-15-17-19-20-21-22-24-25-27-29-31-33-35-37-44(48)54-39-42(40-55-58(52,53)56-41-43(47)46(50)51)57-45(49)38-36-34-32-30-28-26-23-18-16-14-12-10-8-6-4-2/h12,14,17-19,23,28,30,42-43H,3-11,13,15-16,20-22,24-27,29,31-41,47H2,1-2H3,(H,50,51)(H,52,53)/b14-12-,19-17-,23-18-,30-28-/t42-,43+/m1/s1. The van der Waals surface area contributed by atoms with Gasteiger partial charge in [-0.2, -0.15) is 0 Å². The Kier molecular flexibility index (Phi) is 39.4. The van der Waals surface area contributed by atoms with E-state index < -0.39 is 51.1 Å². The fraction of sp³-hybridized carbons (Fsp3) is 0.761. The highest BCUT2D eigenvalue weighted by Gasteiger charge is 2.28. The molecule has 0 aliphatic carbocycles. The quantitative estimate of drug-likeness (QED) is 0.0231. The monoisotopic (exact) mass is 840 g/mol. The molecule has 0 aromatic carbocycles. The number of hydrogen-bond acceptors (Lipinski definition) is 9. The largest absolute Gasteiger partial charge is 0.480 e. The first-order valence-electron chi connectivity index (χ1n) is 22.7. The topological polar surface area (TPSA) is 172 Å². The highest BCUT2D eigenvalue weighted by atomic mass is 31.2. The maximum atomic E-state index is 12.6. The molecule has 0 aliphatic heterocycles. The van der Waals surface area contributed by atoms with Crippen LogP contribution in [-0.4, -0.2) is 59.9 Å². The van der Waals surface area contributed by atoms with Gasteiger partial charge in [0.05, 0.1) is 13.2 Å². The van der Waals surface area contributed by atoms with Gasteiger partial charge in [0.25, 0.3) is 0 Å². The normalized spacial score (nSPS) is 14.1. The lowest BCUT2D eigenvalue weighted by Gasteiger charge is -2.20. The maximum absolute atomic E-state index is 12.6. The molecule has 0 saturated heterocycles. The smallest absolute Gasteiger partial charge is 0.472 e. The molecule has 0 radical (unpaired) electrons. The lowest BCUT2D eigenvalue weighted by Crippen LogP contribution is -2.34. The molecule has 0 bridgehead atoms. The van der Waals surface area contributed by atoms with Crippen molar-refractivity contribution in [2.75, 3.05) is 19.8 Å². The Bertz CT molecular complexity index is 1170. The molecular weight excluding hydrogens is 757 g/mol. The van der Waals surface area contributed by atoms with Gasteiger partial charge >= 0.3 is 25.7 Å². The lowest BCUT2D eigenvalue weighted by atomic mass is 10.1. The Morgan fingerprint density at radius 2 is 0.914 bits per heavy atom. The van der Waals surface area contributed by atoms with Gasteiger partial charge in [-0.25, -0.2) is 4.57 Å². The predicted octanol–water partition coefficient (Wildman–Crippen LogP) is 12.2. The number of phosphoric acid groups is 1. The first-order chi connectivity index (χ1) is 28.1. The van der Waals surface area contributed by atoms with Gasteiger partial charge in [-0.05, 0) is 77.0 Å². The third-order valence-corrected chi connectivity index (χ3v) is 10.5. The molecule has 3 atom stereocenters. The summed E-state index contributed by atoms with van der Waals surface area (Å²) in [6.45, 7) is 2.73. The molecule has 336 valence electrons. The zero-order valence-electron chi connectivity index (χ0n) is 36.4. The molecule has 11 nitrogen and oxygen atoms in total. The van der Waals surface area contributed by atoms with Crippen molar-refractivity contribution in [2.45, 2.75) is 206 Å². The number of carboxylic acid groups (broad SMARTS) is 1. The molecule has 58 heavy (non-hydrogen) atoms. The third-order valence-electron chi connectivity index (χ3n) is 9.55. The Hall–Kier alpha value is -2.56. The lowest BCUT2D eigenvalue weighted by molar-refractivity contribution is -0.161. The van der Waals surface area contributed by atoms with Crippen LogP contribution in [0.1, 0.15) is 194 Å². The fourth-order valence-electron chi connectivity index (χ4n) is 5.95. The van der Waals surface area contributed by atoms with Crippen molar-refractivity contribution in [3.8, 4) is 0 Å². The maximum Gasteiger partial charge on any atom is 0.472 e. The molecule has 4 N–H and O–H groups in total.